The number of aliphatic hydroxyl groups is 1. The van der Waals surface area contributed by atoms with E-state index in [1.165, 1.54) is 103 Å². The first-order valence-electron chi connectivity index (χ1n) is 22.5. The van der Waals surface area contributed by atoms with Gasteiger partial charge < -0.3 is 20.1 Å². The fourth-order valence-electron chi connectivity index (χ4n) is 7.25. The number of aliphatic hydroxyl groups excluding tert-OH is 1. The van der Waals surface area contributed by atoms with Gasteiger partial charge in [0.15, 0.2) is 0 Å². The van der Waals surface area contributed by atoms with Crippen LogP contribution in [0.4, 0.5) is 0 Å². The minimum atomic E-state index is -0.0513. The van der Waals surface area contributed by atoms with Crippen molar-refractivity contribution < 1.29 is 19.4 Å². The van der Waals surface area contributed by atoms with Crippen LogP contribution in [0.2, 0.25) is 0 Å². The third-order valence-electron chi connectivity index (χ3n) is 10.9. The fraction of sp³-hybridized carbons (Fsp3) is 0.956. The van der Waals surface area contributed by atoms with Gasteiger partial charge in [-0.1, -0.05) is 164 Å². The molecule has 2 N–H and O–H groups in total. The lowest BCUT2D eigenvalue weighted by Gasteiger charge is -2.21. The maximum atomic E-state index is 13.0. The van der Waals surface area contributed by atoms with Gasteiger partial charge in [-0.05, 0) is 75.8 Å². The van der Waals surface area contributed by atoms with Crippen molar-refractivity contribution in [2.45, 2.75) is 215 Å². The predicted molar refractivity (Wildman–Crippen MR) is 220 cm³/mol. The maximum absolute atomic E-state index is 13.0. The summed E-state index contributed by atoms with van der Waals surface area (Å²) in [5.41, 5.74) is 0. The van der Waals surface area contributed by atoms with Crippen LogP contribution in [0.3, 0.4) is 0 Å². The van der Waals surface area contributed by atoms with Crippen LogP contribution in [0.15, 0.2) is 0 Å². The molecule has 0 rings (SSSR count). The molecule has 0 aromatic carbocycles. The summed E-state index contributed by atoms with van der Waals surface area (Å²) in [5, 5.41) is 12.8. The van der Waals surface area contributed by atoms with Crippen molar-refractivity contribution in [1.82, 2.24) is 10.2 Å². The molecular weight excluding hydrogens is 633 g/mol. The van der Waals surface area contributed by atoms with Gasteiger partial charge >= 0.3 is 5.97 Å². The summed E-state index contributed by atoms with van der Waals surface area (Å²) >= 11 is 0. The predicted octanol–water partition coefficient (Wildman–Crippen LogP) is 12.1. The molecule has 6 nitrogen and oxygen atoms in total. The monoisotopic (exact) mass is 723 g/mol. The van der Waals surface area contributed by atoms with Gasteiger partial charge in [-0.2, -0.15) is 0 Å². The highest BCUT2D eigenvalue weighted by Gasteiger charge is 2.17. The Morgan fingerprint density at radius 2 is 1.08 bits per heavy atom. The number of hydrogen-bond acceptors (Lipinski definition) is 5. The second-order valence-electron chi connectivity index (χ2n) is 16.7. The lowest BCUT2D eigenvalue weighted by atomic mass is 9.93. The number of hydrogen-bond donors (Lipinski definition) is 2. The van der Waals surface area contributed by atoms with E-state index in [0.29, 0.717) is 25.5 Å². The number of carbonyl (C=O) groups excluding carboxylic acids is 2. The summed E-state index contributed by atoms with van der Waals surface area (Å²) in [6.07, 6.45) is 31.5. The summed E-state index contributed by atoms with van der Waals surface area (Å²) < 4.78 is 5.55. The Bertz CT molecular complexity index is 760. The van der Waals surface area contributed by atoms with Crippen molar-refractivity contribution in [3.63, 3.8) is 0 Å². The topological polar surface area (TPSA) is 78.9 Å². The Balaban J connectivity index is 3.97. The molecule has 0 heterocycles. The summed E-state index contributed by atoms with van der Waals surface area (Å²) in [6.45, 7) is 18.0. The van der Waals surface area contributed by atoms with Crippen molar-refractivity contribution in [2.24, 2.45) is 23.7 Å². The van der Waals surface area contributed by atoms with Crippen LogP contribution in [0, 0.1) is 23.7 Å². The maximum Gasteiger partial charge on any atom is 0.305 e. The van der Waals surface area contributed by atoms with E-state index in [2.05, 4.69) is 51.8 Å². The quantitative estimate of drug-likeness (QED) is 0.0488. The summed E-state index contributed by atoms with van der Waals surface area (Å²) in [6, 6.07) is 0. The van der Waals surface area contributed by atoms with Gasteiger partial charge in [0.2, 0.25) is 5.91 Å². The Labute approximate surface area is 318 Å². The van der Waals surface area contributed by atoms with Crippen molar-refractivity contribution in [3.8, 4) is 0 Å². The first-order valence-corrected chi connectivity index (χ1v) is 22.5. The second-order valence-corrected chi connectivity index (χ2v) is 16.7. The largest absolute Gasteiger partial charge is 0.466 e. The summed E-state index contributed by atoms with van der Waals surface area (Å²) in [5.74, 6) is 2.67. The molecule has 304 valence electrons. The van der Waals surface area contributed by atoms with E-state index < -0.39 is 0 Å². The smallest absolute Gasteiger partial charge is 0.305 e. The van der Waals surface area contributed by atoms with Gasteiger partial charge in [0.1, 0.15) is 0 Å². The molecule has 0 aromatic heterocycles. The number of rotatable bonds is 39. The van der Waals surface area contributed by atoms with E-state index >= 15 is 0 Å². The molecule has 0 fully saturated rings. The standard InChI is InChI=1S/C45H90N2O4/c1-7-9-11-12-13-14-19-31-43(30-18-10-8-2)45(50)46-34-21-15-16-22-35-47(37-38-48)36-23-17-20-32-44(49)51-39-33-42(6)29-25-28-41(5)27-24-26-40(3)4/h40-43,48H,7-39H2,1-6H3,(H,46,50). The zero-order valence-corrected chi connectivity index (χ0v) is 35.3. The van der Waals surface area contributed by atoms with E-state index in [-0.39, 0.29) is 24.4 Å². The minimum absolute atomic E-state index is 0.0513. The summed E-state index contributed by atoms with van der Waals surface area (Å²) in [7, 11) is 0. The molecule has 0 aliphatic rings. The highest BCUT2D eigenvalue weighted by Crippen LogP contribution is 2.21. The van der Waals surface area contributed by atoms with Crippen molar-refractivity contribution in [1.29, 1.82) is 0 Å². The SMILES string of the molecule is CCCCCCCCCC(CCCCC)C(=O)NCCCCCCN(CCO)CCCCCC(=O)OCCC(C)CCCC(C)CCCC(C)C. The van der Waals surface area contributed by atoms with Gasteiger partial charge in [-0.25, -0.2) is 0 Å². The van der Waals surface area contributed by atoms with E-state index in [0.717, 1.165) is 95.7 Å². The second kappa shape index (κ2) is 37.2. The zero-order chi connectivity index (χ0) is 37.8. The van der Waals surface area contributed by atoms with Crippen LogP contribution in [0.1, 0.15) is 215 Å². The zero-order valence-electron chi connectivity index (χ0n) is 35.3. The Kier molecular flexibility index (Phi) is 36.4. The van der Waals surface area contributed by atoms with Gasteiger partial charge in [0.05, 0.1) is 13.2 Å². The Morgan fingerprint density at radius 1 is 0.569 bits per heavy atom. The molecule has 3 unspecified atom stereocenters. The van der Waals surface area contributed by atoms with Crippen LogP contribution >= 0.6 is 0 Å². The number of ether oxygens (including phenoxy) is 1. The lowest BCUT2D eigenvalue weighted by molar-refractivity contribution is -0.144. The van der Waals surface area contributed by atoms with Gasteiger partial charge in [-0.15, -0.1) is 0 Å². The molecule has 0 saturated heterocycles. The molecule has 0 saturated carbocycles. The van der Waals surface area contributed by atoms with E-state index in [4.69, 9.17) is 4.74 Å². The average Bonchev–Trinajstić information content (AvgIpc) is 3.09. The van der Waals surface area contributed by atoms with Crippen LogP contribution in [-0.2, 0) is 14.3 Å². The minimum Gasteiger partial charge on any atom is -0.466 e. The molecule has 0 bridgehead atoms. The molecule has 0 aliphatic heterocycles. The van der Waals surface area contributed by atoms with Crippen molar-refractivity contribution >= 4 is 11.9 Å². The highest BCUT2D eigenvalue weighted by molar-refractivity contribution is 5.78. The number of esters is 1. The number of nitrogens with one attached hydrogen (secondary N) is 1. The highest BCUT2D eigenvalue weighted by atomic mass is 16.5. The third-order valence-corrected chi connectivity index (χ3v) is 10.9. The molecule has 0 aliphatic carbocycles. The normalized spacial score (nSPS) is 13.5. The molecule has 0 radical (unpaired) electrons. The van der Waals surface area contributed by atoms with Crippen LogP contribution in [0.5, 0.6) is 0 Å². The average molecular weight is 723 g/mol. The van der Waals surface area contributed by atoms with E-state index in [9.17, 15) is 14.7 Å². The lowest BCUT2D eigenvalue weighted by Crippen LogP contribution is -2.31. The molecule has 0 spiro atoms. The summed E-state index contributed by atoms with van der Waals surface area (Å²) in [4.78, 5) is 27.6. The van der Waals surface area contributed by atoms with E-state index in [1.54, 1.807) is 0 Å². The van der Waals surface area contributed by atoms with Gasteiger partial charge in [0, 0.05) is 25.4 Å². The number of unbranched alkanes of at least 4 members (excludes halogenated alkanes) is 13. The fourth-order valence-corrected chi connectivity index (χ4v) is 7.25. The number of carbonyl (C=O) groups is 2. The van der Waals surface area contributed by atoms with Gasteiger partial charge in [-0.3, -0.25) is 9.59 Å². The van der Waals surface area contributed by atoms with Crippen LogP contribution in [-0.4, -0.2) is 61.3 Å². The van der Waals surface area contributed by atoms with Crippen molar-refractivity contribution in [3.05, 3.63) is 0 Å². The Morgan fingerprint density at radius 3 is 1.71 bits per heavy atom. The number of amides is 1. The molecule has 3 atom stereocenters. The molecule has 1 amide bonds. The van der Waals surface area contributed by atoms with E-state index in [1.807, 2.05) is 0 Å². The van der Waals surface area contributed by atoms with Crippen molar-refractivity contribution in [2.75, 3.05) is 39.4 Å². The first-order chi connectivity index (χ1) is 24.7. The Hall–Kier alpha value is -1.14. The molecule has 0 aromatic rings. The molecule has 51 heavy (non-hydrogen) atoms. The number of nitrogens with zero attached hydrogens (tertiary/aromatic N) is 1. The first kappa shape index (κ1) is 49.9. The van der Waals surface area contributed by atoms with Crippen LogP contribution in [0.25, 0.3) is 0 Å². The molecular formula is C45H90N2O4. The third kappa shape index (κ3) is 34.4. The molecule has 6 heteroatoms. The van der Waals surface area contributed by atoms with Crippen LogP contribution < -0.4 is 5.32 Å². The van der Waals surface area contributed by atoms with Gasteiger partial charge in [0.25, 0.3) is 0 Å².